The molecule has 2 heterocycles. The molecule has 0 radical (unpaired) electrons. The van der Waals surface area contributed by atoms with E-state index in [1.54, 1.807) is 11.3 Å². The molecule has 0 saturated heterocycles. The molecular weight excluding hydrogens is 234 g/mol. The zero-order valence-corrected chi connectivity index (χ0v) is 10.2. The highest BCUT2D eigenvalue weighted by molar-refractivity contribution is 7.14. The predicted molar refractivity (Wildman–Crippen MR) is 62.9 cm³/mol. The van der Waals surface area contributed by atoms with Crippen LogP contribution in [0.4, 0.5) is 0 Å². The Morgan fingerprint density at radius 3 is 3.13 bits per heavy atom. The lowest BCUT2D eigenvalue weighted by Crippen LogP contribution is -2.21. The fourth-order valence-electron chi connectivity index (χ4n) is 1.56. The molecule has 1 aromatic rings. The molecule has 0 spiro atoms. The van der Waals surface area contributed by atoms with Crippen LogP contribution in [-0.4, -0.2) is 19.1 Å². The summed E-state index contributed by atoms with van der Waals surface area (Å²) in [5.41, 5.74) is 1.25. The van der Waals surface area contributed by atoms with Gasteiger partial charge in [0.15, 0.2) is 0 Å². The van der Waals surface area contributed by atoms with Gasteiger partial charge in [-0.05, 0) is 25.0 Å². The Morgan fingerprint density at radius 2 is 2.47 bits per heavy atom. The maximum absolute atomic E-state index is 11.4. The van der Waals surface area contributed by atoms with Gasteiger partial charge in [0.05, 0.1) is 6.61 Å². The molecule has 0 aromatic carbocycles. The summed E-state index contributed by atoms with van der Waals surface area (Å²) >= 11 is 1.57. The molecule has 15 heavy (non-hydrogen) atoms. The number of hydrogen-bond donors (Lipinski definition) is 1. The molecule has 3 nitrogen and oxygen atoms in total. The second-order valence-electron chi connectivity index (χ2n) is 3.21. The van der Waals surface area contributed by atoms with Crippen molar-refractivity contribution in [1.29, 1.82) is 0 Å². The fraction of sp³-hybridized carbons (Fsp3) is 0.500. The van der Waals surface area contributed by atoms with Gasteiger partial charge in [-0.25, -0.2) is 4.79 Å². The maximum atomic E-state index is 11.4. The Labute approximate surface area is 99.2 Å². The molecule has 1 N–H and O–H groups in total. The van der Waals surface area contributed by atoms with Gasteiger partial charge in [0.2, 0.25) is 0 Å². The zero-order chi connectivity index (χ0) is 9.97. The number of fused-ring (bicyclic) bond motifs is 1. The van der Waals surface area contributed by atoms with Gasteiger partial charge in [0.1, 0.15) is 4.88 Å². The number of esters is 1. The number of carbonyl (C=O) groups excluding carboxylic acids is 1. The van der Waals surface area contributed by atoms with E-state index in [-0.39, 0.29) is 18.4 Å². The highest BCUT2D eigenvalue weighted by atomic mass is 35.5. The number of hydrogen-bond acceptors (Lipinski definition) is 4. The summed E-state index contributed by atoms with van der Waals surface area (Å²) in [6.07, 6.45) is 1.03. The van der Waals surface area contributed by atoms with Crippen molar-refractivity contribution in [3.8, 4) is 0 Å². The molecule has 5 heteroatoms. The smallest absolute Gasteiger partial charge is 0.348 e. The Balaban J connectivity index is 0.00000112. The van der Waals surface area contributed by atoms with E-state index in [2.05, 4.69) is 5.32 Å². The molecule has 1 aromatic heterocycles. The Morgan fingerprint density at radius 1 is 1.67 bits per heavy atom. The van der Waals surface area contributed by atoms with Gasteiger partial charge in [-0.15, -0.1) is 23.7 Å². The number of carbonyl (C=O) groups is 1. The lowest BCUT2D eigenvalue weighted by Gasteiger charge is -2.10. The van der Waals surface area contributed by atoms with Gasteiger partial charge < -0.3 is 10.1 Å². The standard InChI is InChI=1S/C10H13NO2S.ClH/c1-2-13-10(12)9-5-7-6-11-4-3-8(7)14-9;/h5,11H,2-4,6H2,1H3;1H. The number of thiophene rings is 1. The van der Waals surface area contributed by atoms with Crippen molar-refractivity contribution in [3.63, 3.8) is 0 Å². The molecular formula is C10H14ClNO2S. The highest BCUT2D eigenvalue weighted by Crippen LogP contribution is 2.25. The predicted octanol–water partition coefficient (Wildman–Crippen LogP) is 1.99. The van der Waals surface area contributed by atoms with E-state index in [0.717, 1.165) is 24.4 Å². The summed E-state index contributed by atoms with van der Waals surface area (Å²) in [7, 11) is 0. The van der Waals surface area contributed by atoms with Gasteiger partial charge in [-0.1, -0.05) is 0 Å². The van der Waals surface area contributed by atoms with Gasteiger partial charge >= 0.3 is 5.97 Å². The van der Waals surface area contributed by atoms with Crippen LogP contribution in [0.1, 0.15) is 27.0 Å². The van der Waals surface area contributed by atoms with Crippen LogP contribution in [0.2, 0.25) is 0 Å². The van der Waals surface area contributed by atoms with Crippen molar-refractivity contribution in [2.45, 2.75) is 19.9 Å². The van der Waals surface area contributed by atoms with E-state index in [1.807, 2.05) is 13.0 Å². The topological polar surface area (TPSA) is 38.3 Å². The molecule has 2 rings (SSSR count). The van der Waals surface area contributed by atoms with E-state index in [1.165, 1.54) is 10.4 Å². The molecule has 0 saturated carbocycles. The van der Waals surface area contributed by atoms with E-state index >= 15 is 0 Å². The van der Waals surface area contributed by atoms with E-state index in [4.69, 9.17) is 4.74 Å². The second kappa shape index (κ2) is 5.49. The molecule has 84 valence electrons. The Bertz CT molecular complexity index is 328. The minimum Gasteiger partial charge on any atom is -0.462 e. The first kappa shape index (κ1) is 12.5. The lowest BCUT2D eigenvalue weighted by atomic mass is 10.1. The third kappa shape index (κ3) is 2.71. The molecule has 0 aliphatic carbocycles. The molecule has 0 bridgehead atoms. The van der Waals surface area contributed by atoms with Gasteiger partial charge in [-0.3, -0.25) is 0 Å². The molecule has 0 amide bonds. The first-order chi connectivity index (χ1) is 6.81. The quantitative estimate of drug-likeness (QED) is 0.813. The molecule has 0 atom stereocenters. The fourth-order valence-corrected chi connectivity index (χ4v) is 2.63. The Hall–Kier alpha value is -0.580. The minimum absolute atomic E-state index is 0. The van der Waals surface area contributed by atoms with E-state index in [0.29, 0.717) is 6.61 Å². The van der Waals surface area contributed by atoms with Crippen LogP contribution < -0.4 is 5.32 Å². The summed E-state index contributed by atoms with van der Waals surface area (Å²) in [6.45, 7) is 4.16. The van der Waals surface area contributed by atoms with E-state index < -0.39 is 0 Å². The van der Waals surface area contributed by atoms with Crippen molar-refractivity contribution >= 4 is 29.7 Å². The number of halogens is 1. The van der Waals surface area contributed by atoms with Crippen LogP contribution in [0, 0.1) is 0 Å². The third-order valence-corrected chi connectivity index (χ3v) is 3.43. The third-order valence-electron chi connectivity index (χ3n) is 2.22. The van der Waals surface area contributed by atoms with Crippen LogP contribution in [-0.2, 0) is 17.7 Å². The van der Waals surface area contributed by atoms with Crippen molar-refractivity contribution < 1.29 is 9.53 Å². The summed E-state index contributed by atoms with van der Waals surface area (Å²) in [6, 6.07) is 1.95. The number of rotatable bonds is 2. The summed E-state index contributed by atoms with van der Waals surface area (Å²) in [5, 5.41) is 3.28. The monoisotopic (exact) mass is 247 g/mol. The van der Waals surface area contributed by atoms with Crippen LogP contribution in [0.5, 0.6) is 0 Å². The minimum atomic E-state index is -0.188. The molecule has 1 aliphatic rings. The number of nitrogens with one attached hydrogen (secondary N) is 1. The second-order valence-corrected chi connectivity index (χ2v) is 4.34. The summed E-state index contributed by atoms with van der Waals surface area (Å²) in [5.74, 6) is -0.188. The molecule has 1 aliphatic heterocycles. The normalized spacial score (nSPS) is 13.9. The van der Waals surface area contributed by atoms with Crippen LogP contribution >= 0.6 is 23.7 Å². The molecule has 0 unspecified atom stereocenters. The van der Waals surface area contributed by atoms with Crippen LogP contribution in [0.15, 0.2) is 6.07 Å². The maximum Gasteiger partial charge on any atom is 0.348 e. The SMILES string of the molecule is CCOC(=O)c1cc2c(s1)CCNC2.Cl. The van der Waals surface area contributed by atoms with Crippen LogP contribution in [0.25, 0.3) is 0 Å². The van der Waals surface area contributed by atoms with Crippen molar-refractivity contribution in [3.05, 3.63) is 21.4 Å². The number of ether oxygens (including phenoxy) is 1. The zero-order valence-electron chi connectivity index (χ0n) is 8.54. The van der Waals surface area contributed by atoms with Crippen molar-refractivity contribution in [2.75, 3.05) is 13.2 Å². The largest absolute Gasteiger partial charge is 0.462 e. The van der Waals surface area contributed by atoms with Crippen molar-refractivity contribution in [2.24, 2.45) is 0 Å². The summed E-state index contributed by atoms with van der Waals surface area (Å²) < 4.78 is 4.96. The lowest BCUT2D eigenvalue weighted by molar-refractivity contribution is 0.0532. The first-order valence-corrected chi connectivity index (χ1v) is 5.62. The van der Waals surface area contributed by atoms with Crippen molar-refractivity contribution in [1.82, 2.24) is 5.32 Å². The highest BCUT2D eigenvalue weighted by Gasteiger charge is 2.17. The average Bonchev–Trinajstić information content (AvgIpc) is 2.61. The van der Waals surface area contributed by atoms with Crippen LogP contribution in [0.3, 0.4) is 0 Å². The van der Waals surface area contributed by atoms with Gasteiger partial charge in [0.25, 0.3) is 0 Å². The van der Waals surface area contributed by atoms with Gasteiger partial charge in [-0.2, -0.15) is 0 Å². The summed E-state index contributed by atoms with van der Waals surface area (Å²) in [4.78, 5) is 13.5. The first-order valence-electron chi connectivity index (χ1n) is 4.80. The van der Waals surface area contributed by atoms with Gasteiger partial charge in [0, 0.05) is 18.0 Å². The molecule has 0 fully saturated rings. The average molecular weight is 248 g/mol. The van der Waals surface area contributed by atoms with E-state index in [9.17, 15) is 4.79 Å². The Kier molecular flexibility index (Phi) is 4.57.